The van der Waals surface area contributed by atoms with Crippen LogP contribution < -0.4 is 10.2 Å². The van der Waals surface area contributed by atoms with Gasteiger partial charge in [0, 0.05) is 24.0 Å². The van der Waals surface area contributed by atoms with E-state index in [9.17, 15) is 22.9 Å². The number of ether oxygens (including phenoxy) is 1. The molecule has 14 heteroatoms. The quantitative estimate of drug-likeness (QED) is 0.114. The number of nitro benzene ring substituents is 1. The highest BCUT2D eigenvalue weighted by Crippen LogP contribution is 2.34. The van der Waals surface area contributed by atoms with E-state index in [1.165, 1.54) is 24.3 Å². The van der Waals surface area contributed by atoms with Crippen LogP contribution in [-0.2, 0) is 19.8 Å². The summed E-state index contributed by atoms with van der Waals surface area (Å²) in [5.41, 5.74) is 2.59. The van der Waals surface area contributed by atoms with E-state index in [0.717, 1.165) is 24.3 Å². The van der Waals surface area contributed by atoms with Gasteiger partial charge in [-0.25, -0.2) is 14.9 Å². The Kier molecular flexibility index (Phi) is 8.84. The zero-order chi connectivity index (χ0) is 27.2. The van der Waals surface area contributed by atoms with E-state index in [-0.39, 0.29) is 45.7 Å². The molecule has 0 fully saturated rings. The van der Waals surface area contributed by atoms with Crippen LogP contribution in [0.3, 0.4) is 0 Å². The van der Waals surface area contributed by atoms with E-state index in [4.69, 9.17) is 20.6 Å². The Morgan fingerprint density at radius 2 is 1.84 bits per heavy atom. The van der Waals surface area contributed by atoms with Gasteiger partial charge in [0.1, 0.15) is 22.4 Å². The molecule has 3 aromatic rings. The van der Waals surface area contributed by atoms with Crippen molar-refractivity contribution in [3.8, 4) is 5.75 Å². The number of benzene rings is 2. The fourth-order valence-corrected chi connectivity index (χ4v) is 4.18. The number of hydrogen-bond donors (Lipinski definition) is 2. The number of non-ortho nitro benzene ring substituents is 1. The molecule has 2 N–H and O–H groups in total. The maximum absolute atomic E-state index is 13.2. The number of halogens is 2. The monoisotopic (exact) mass is 553 g/mol. The number of aliphatic imine (C=N–C) groups is 1. The zero-order valence-electron chi connectivity index (χ0n) is 20.2. The fourth-order valence-electron chi connectivity index (χ4n) is 2.99. The van der Waals surface area contributed by atoms with Gasteiger partial charge in [-0.05, 0) is 42.8 Å². The van der Waals surface area contributed by atoms with Gasteiger partial charge in [-0.3, -0.25) is 15.2 Å². The van der Waals surface area contributed by atoms with Crippen LogP contribution in [0.5, 0.6) is 5.75 Å². The molecular formula is C23H25ClFN5O6S. The molecule has 0 unspecified atom stereocenters. The first-order valence-corrected chi connectivity index (χ1v) is 12.8. The average molecular weight is 554 g/mol. The summed E-state index contributed by atoms with van der Waals surface area (Å²) in [7, 11) is -4.28. The largest absolute Gasteiger partial charge is 0.494 e. The Balaban J connectivity index is 1.73. The van der Waals surface area contributed by atoms with Crippen LogP contribution in [0.4, 0.5) is 15.9 Å². The number of rotatable bonds is 10. The Morgan fingerprint density at radius 1 is 1.19 bits per heavy atom. The van der Waals surface area contributed by atoms with Gasteiger partial charge in [-0.1, -0.05) is 32.4 Å². The topological polar surface area (TPSA) is 149 Å². The molecule has 198 valence electrons. The number of nitrogens with zero attached hydrogens (tertiary/aromatic N) is 3. The van der Waals surface area contributed by atoms with E-state index < -0.39 is 20.9 Å². The molecule has 0 spiro atoms. The van der Waals surface area contributed by atoms with E-state index in [2.05, 4.69) is 20.7 Å². The standard InChI is InChI=1S/C23H25ClFN5O6S/c1-23(2,3)21-20(24)22(28-27-21)26-19(29-36-37(33,34)18-12-6-15(25)7-13-18)5-4-14-35-17-10-8-16(9-11-17)30(31)32/h6-13H,4-5,14H2,1-3H3,(H2,26,27,28,29). The van der Waals surface area contributed by atoms with Crippen LogP contribution in [-0.4, -0.2) is 36.0 Å². The number of hydrogen-bond acceptors (Lipinski definition) is 8. The zero-order valence-corrected chi connectivity index (χ0v) is 21.8. The Hall–Kier alpha value is -3.55. The normalized spacial score (nSPS) is 12.4. The van der Waals surface area contributed by atoms with Crippen molar-refractivity contribution < 1.29 is 26.8 Å². The summed E-state index contributed by atoms with van der Waals surface area (Å²) in [5.74, 6) is 0.0577. The van der Waals surface area contributed by atoms with E-state index in [1.807, 2.05) is 20.8 Å². The molecule has 0 radical (unpaired) electrons. The number of nitrogens with one attached hydrogen (secondary N) is 2. The second kappa shape index (κ2) is 11.7. The molecule has 0 aliphatic carbocycles. The smallest absolute Gasteiger partial charge is 0.317 e. The summed E-state index contributed by atoms with van der Waals surface area (Å²) in [5, 5.41) is 18.0. The molecule has 1 heterocycles. The fraction of sp³-hybridized carbons (Fsp3) is 0.304. The van der Waals surface area contributed by atoms with Crippen LogP contribution in [0.2, 0.25) is 5.02 Å². The first-order valence-electron chi connectivity index (χ1n) is 11.0. The van der Waals surface area contributed by atoms with Crippen molar-refractivity contribution in [2.45, 2.75) is 43.9 Å². The van der Waals surface area contributed by atoms with Crippen molar-refractivity contribution >= 4 is 39.1 Å². The highest BCUT2D eigenvalue weighted by Gasteiger charge is 2.23. The number of aromatic nitrogens is 2. The van der Waals surface area contributed by atoms with Crippen LogP contribution >= 0.6 is 11.6 Å². The van der Waals surface area contributed by atoms with Crippen molar-refractivity contribution in [3.05, 3.63) is 75.2 Å². The molecule has 0 saturated heterocycles. The molecule has 1 aromatic heterocycles. The summed E-state index contributed by atoms with van der Waals surface area (Å²) in [6.45, 7) is 6.00. The average Bonchev–Trinajstić information content (AvgIpc) is 3.21. The lowest BCUT2D eigenvalue weighted by molar-refractivity contribution is -0.384. The first-order chi connectivity index (χ1) is 17.4. The minimum atomic E-state index is -4.28. The van der Waals surface area contributed by atoms with Gasteiger partial charge in [0.25, 0.3) is 5.69 Å². The van der Waals surface area contributed by atoms with Crippen molar-refractivity contribution in [1.82, 2.24) is 15.7 Å². The molecule has 11 nitrogen and oxygen atoms in total. The lowest BCUT2D eigenvalue weighted by Crippen LogP contribution is -2.27. The molecule has 0 bridgehead atoms. The van der Waals surface area contributed by atoms with E-state index in [0.29, 0.717) is 17.9 Å². The Labute approximate surface area is 217 Å². The van der Waals surface area contributed by atoms with Crippen LogP contribution in [0.25, 0.3) is 0 Å². The summed E-state index contributed by atoms with van der Waals surface area (Å²) in [4.78, 5) is 14.3. The lowest BCUT2D eigenvalue weighted by atomic mass is 9.92. The number of H-pyrrole nitrogens is 1. The molecule has 0 amide bonds. The number of hydroxylamine groups is 1. The highest BCUT2D eigenvalue weighted by molar-refractivity contribution is 7.86. The second-order valence-corrected chi connectivity index (χ2v) is 10.8. The summed E-state index contributed by atoms with van der Waals surface area (Å²) in [6, 6.07) is 9.73. The van der Waals surface area contributed by atoms with Crippen LogP contribution in [0.1, 0.15) is 39.3 Å². The molecule has 0 aliphatic heterocycles. The van der Waals surface area contributed by atoms with Gasteiger partial charge in [0.15, 0.2) is 5.82 Å². The third-order valence-corrected chi connectivity index (χ3v) is 6.44. The van der Waals surface area contributed by atoms with Crippen molar-refractivity contribution in [2.24, 2.45) is 4.99 Å². The predicted octanol–water partition coefficient (Wildman–Crippen LogP) is 5.21. The molecule has 0 saturated carbocycles. The van der Waals surface area contributed by atoms with Crippen LogP contribution in [0, 0.1) is 15.9 Å². The van der Waals surface area contributed by atoms with Crippen molar-refractivity contribution in [1.29, 1.82) is 0 Å². The maximum Gasteiger partial charge on any atom is 0.317 e. The Bertz CT molecular complexity index is 1370. The summed E-state index contributed by atoms with van der Waals surface area (Å²) < 4.78 is 48.7. The van der Waals surface area contributed by atoms with Crippen molar-refractivity contribution in [2.75, 3.05) is 6.61 Å². The number of aromatic amines is 1. The summed E-state index contributed by atoms with van der Waals surface area (Å²) >= 11 is 6.43. The SMILES string of the molecule is CC(C)(C)c1[nH]nc(N=C(CCCOc2ccc([N+](=O)[O-])cc2)NOS(=O)(=O)c2ccc(F)cc2)c1Cl. The highest BCUT2D eigenvalue weighted by atomic mass is 35.5. The van der Waals surface area contributed by atoms with Gasteiger partial charge in [0.2, 0.25) is 0 Å². The minimum absolute atomic E-state index is 0.0593. The lowest BCUT2D eigenvalue weighted by Gasteiger charge is -2.16. The van der Waals surface area contributed by atoms with Gasteiger partial charge < -0.3 is 4.74 Å². The second-order valence-electron chi connectivity index (χ2n) is 8.84. The van der Waals surface area contributed by atoms with Gasteiger partial charge in [-0.15, -0.1) is 4.28 Å². The molecular weight excluding hydrogens is 529 g/mol. The molecule has 0 atom stereocenters. The maximum atomic E-state index is 13.2. The van der Waals surface area contributed by atoms with E-state index in [1.54, 1.807) is 0 Å². The minimum Gasteiger partial charge on any atom is -0.494 e. The Morgan fingerprint density at radius 3 is 2.41 bits per heavy atom. The van der Waals surface area contributed by atoms with E-state index >= 15 is 0 Å². The summed E-state index contributed by atoms with van der Waals surface area (Å²) in [6.07, 6.45) is 0.525. The molecule has 0 aliphatic rings. The van der Waals surface area contributed by atoms with Crippen molar-refractivity contribution in [3.63, 3.8) is 0 Å². The van der Waals surface area contributed by atoms with Gasteiger partial charge >= 0.3 is 10.1 Å². The number of amidine groups is 1. The first kappa shape index (κ1) is 28.0. The molecule has 3 rings (SSSR count). The number of nitro groups is 1. The third-order valence-electron chi connectivity index (χ3n) is 4.93. The van der Waals surface area contributed by atoms with Gasteiger partial charge in [-0.2, -0.15) is 13.5 Å². The predicted molar refractivity (Wildman–Crippen MR) is 135 cm³/mol. The third kappa shape index (κ3) is 7.71. The molecule has 37 heavy (non-hydrogen) atoms. The van der Waals surface area contributed by atoms with Crippen LogP contribution in [0.15, 0.2) is 58.4 Å². The molecule has 2 aromatic carbocycles. The van der Waals surface area contributed by atoms with Gasteiger partial charge in [0.05, 0.1) is 22.1 Å².